The highest BCUT2D eigenvalue weighted by Gasteiger charge is 2.45. The Morgan fingerprint density at radius 3 is 3.00 bits per heavy atom. The molecule has 0 amide bonds. The molecular weight excluding hydrogens is 206 g/mol. The van der Waals surface area contributed by atoms with E-state index < -0.39 is 0 Å². The summed E-state index contributed by atoms with van der Waals surface area (Å²) in [5, 5.41) is 4.68. The van der Waals surface area contributed by atoms with Crippen molar-refractivity contribution in [3.05, 3.63) is 10.6 Å². The zero-order chi connectivity index (χ0) is 9.83. The summed E-state index contributed by atoms with van der Waals surface area (Å²) in [6, 6.07) is 0. The predicted molar refractivity (Wildman–Crippen MR) is 61.3 cm³/mol. The van der Waals surface area contributed by atoms with Gasteiger partial charge in [0.05, 0.1) is 5.69 Å². The lowest BCUT2D eigenvalue weighted by atomic mass is 10.2. The number of fused-ring (bicyclic) bond motifs is 2. The molecule has 2 atom stereocenters. The van der Waals surface area contributed by atoms with E-state index in [-0.39, 0.29) is 0 Å². The monoisotopic (exact) mass is 221 g/mol. The van der Waals surface area contributed by atoms with Gasteiger partial charge in [0.25, 0.3) is 0 Å². The highest BCUT2D eigenvalue weighted by atomic mass is 32.1. The lowest BCUT2D eigenvalue weighted by Crippen LogP contribution is -2.23. The van der Waals surface area contributed by atoms with Gasteiger partial charge in [-0.15, -0.1) is 11.3 Å². The smallest absolute Gasteiger partial charge is 0.185 e. The van der Waals surface area contributed by atoms with E-state index in [1.165, 1.54) is 41.6 Å². The Bertz CT molecular complexity index is 367. The zero-order valence-electron chi connectivity index (χ0n) is 8.70. The molecule has 1 saturated heterocycles. The number of rotatable bonds is 1. The topological polar surface area (TPSA) is 28.2 Å². The van der Waals surface area contributed by atoms with Crippen molar-refractivity contribution >= 4 is 16.5 Å². The van der Waals surface area contributed by atoms with Gasteiger partial charge < -0.3 is 10.2 Å². The van der Waals surface area contributed by atoms with Gasteiger partial charge in [-0.2, -0.15) is 0 Å². The lowest BCUT2D eigenvalue weighted by Gasteiger charge is -2.15. The van der Waals surface area contributed by atoms with E-state index >= 15 is 0 Å². The van der Waals surface area contributed by atoms with Crippen LogP contribution < -0.4 is 10.2 Å². The molecule has 1 N–H and O–H groups in total. The molecule has 2 fully saturated rings. The Morgan fingerprint density at radius 2 is 2.20 bits per heavy atom. The molecule has 2 aliphatic heterocycles. The van der Waals surface area contributed by atoms with Crippen LogP contribution in [-0.2, 0) is 13.0 Å². The Morgan fingerprint density at radius 1 is 1.33 bits per heavy atom. The fourth-order valence-electron chi connectivity index (χ4n) is 2.80. The van der Waals surface area contributed by atoms with Gasteiger partial charge in [-0.05, 0) is 24.7 Å². The first-order valence-corrected chi connectivity index (χ1v) is 6.66. The van der Waals surface area contributed by atoms with Crippen LogP contribution in [0.25, 0.3) is 0 Å². The Labute approximate surface area is 93.5 Å². The third kappa shape index (κ3) is 1.31. The summed E-state index contributed by atoms with van der Waals surface area (Å²) in [4.78, 5) is 8.79. The first-order valence-electron chi connectivity index (χ1n) is 5.84. The molecule has 15 heavy (non-hydrogen) atoms. The average molecular weight is 221 g/mol. The molecule has 1 aromatic heterocycles. The van der Waals surface area contributed by atoms with Crippen LogP contribution in [0.5, 0.6) is 0 Å². The van der Waals surface area contributed by atoms with Gasteiger partial charge in [0.15, 0.2) is 5.13 Å². The molecule has 0 bridgehead atoms. The maximum Gasteiger partial charge on any atom is 0.185 e. The first kappa shape index (κ1) is 8.53. The summed E-state index contributed by atoms with van der Waals surface area (Å²) in [5.74, 6) is 2.01. The number of anilines is 1. The normalized spacial score (nSPS) is 32.7. The Balaban J connectivity index is 1.62. The zero-order valence-corrected chi connectivity index (χ0v) is 9.52. The number of thiazole rings is 1. The number of hydrogen-bond acceptors (Lipinski definition) is 4. The molecule has 0 radical (unpaired) electrons. The lowest BCUT2D eigenvalue weighted by molar-refractivity contribution is 0.638. The summed E-state index contributed by atoms with van der Waals surface area (Å²) >= 11 is 1.93. The second-order valence-corrected chi connectivity index (χ2v) is 6.02. The number of nitrogens with zero attached hydrogens (tertiary/aromatic N) is 2. The third-order valence-electron chi connectivity index (χ3n) is 3.84. The van der Waals surface area contributed by atoms with Crippen LogP contribution in [0.2, 0.25) is 0 Å². The van der Waals surface area contributed by atoms with Crippen molar-refractivity contribution in [2.75, 3.05) is 24.5 Å². The van der Waals surface area contributed by atoms with Crippen molar-refractivity contribution in [1.29, 1.82) is 0 Å². The van der Waals surface area contributed by atoms with Crippen LogP contribution in [0.1, 0.15) is 17.0 Å². The summed E-state index contributed by atoms with van der Waals surface area (Å²) in [6.07, 6.45) is 2.65. The number of piperidine rings is 1. The third-order valence-corrected chi connectivity index (χ3v) is 5.06. The molecule has 3 aliphatic rings. The average Bonchev–Trinajstić information content (AvgIpc) is 2.76. The van der Waals surface area contributed by atoms with E-state index in [0.717, 1.165) is 24.9 Å². The molecule has 1 saturated carbocycles. The fourth-order valence-corrected chi connectivity index (χ4v) is 3.90. The highest BCUT2D eigenvalue weighted by Crippen LogP contribution is 2.47. The summed E-state index contributed by atoms with van der Waals surface area (Å²) in [5.41, 5.74) is 1.31. The molecule has 3 nitrogen and oxygen atoms in total. The second kappa shape index (κ2) is 2.95. The van der Waals surface area contributed by atoms with Crippen molar-refractivity contribution < 1.29 is 0 Å². The van der Waals surface area contributed by atoms with Gasteiger partial charge in [-0.1, -0.05) is 0 Å². The van der Waals surface area contributed by atoms with Crippen molar-refractivity contribution in [3.63, 3.8) is 0 Å². The van der Waals surface area contributed by atoms with E-state index in [0.29, 0.717) is 0 Å². The summed E-state index contributed by atoms with van der Waals surface area (Å²) < 4.78 is 0. The van der Waals surface area contributed by atoms with Crippen LogP contribution in [0.3, 0.4) is 0 Å². The van der Waals surface area contributed by atoms with Crippen LogP contribution in [0, 0.1) is 11.8 Å². The minimum atomic E-state index is 0.979. The summed E-state index contributed by atoms with van der Waals surface area (Å²) in [7, 11) is 0. The Hall–Kier alpha value is -0.610. The Kier molecular flexibility index (Phi) is 1.68. The van der Waals surface area contributed by atoms with E-state index in [2.05, 4.69) is 10.2 Å². The largest absolute Gasteiger partial charge is 0.348 e. The maximum atomic E-state index is 4.77. The van der Waals surface area contributed by atoms with E-state index in [9.17, 15) is 0 Å². The van der Waals surface area contributed by atoms with Crippen LogP contribution >= 0.6 is 11.3 Å². The molecule has 0 aromatic carbocycles. The quantitative estimate of drug-likeness (QED) is 0.773. The maximum absolute atomic E-state index is 4.77. The van der Waals surface area contributed by atoms with Gasteiger partial charge in [0.2, 0.25) is 0 Å². The van der Waals surface area contributed by atoms with Crippen LogP contribution in [0.15, 0.2) is 0 Å². The molecule has 1 aliphatic carbocycles. The van der Waals surface area contributed by atoms with Gasteiger partial charge in [-0.25, -0.2) is 4.98 Å². The van der Waals surface area contributed by atoms with Crippen LogP contribution in [0.4, 0.5) is 5.13 Å². The molecular formula is C11H15N3S. The van der Waals surface area contributed by atoms with Crippen molar-refractivity contribution in [2.24, 2.45) is 11.8 Å². The van der Waals surface area contributed by atoms with E-state index in [1.807, 2.05) is 11.3 Å². The minimum Gasteiger partial charge on any atom is -0.348 e. The van der Waals surface area contributed by atoms with E-state index in [4.69, 9.17) is 4.98 Å². The molecule has 2 unspecified atom stereocenters. The highest BCUT2D eigenvalue weighted by molar-refractivity contribution is 7.15. The molecule has 4 heteroatoms. The predicted octanol–water partition coefficient (Wildman–Crippen LogP) is 1.24. The van der Waals surface area contributed by atoms with Crippen molar-refractivity contribution in [3.8, 4) is 0 Å². The van der Waals surface area contributed by atoms with Crippen molar-refractivity contribution in [1.82, 2.24) is 10.3 Å². The minimum absolute atomic E-state index is 0.979. The SMILES string of the molecule is C1Cc2sc(N3CC4CC4C3)nc2CN1. The second-order valence-electron chi connectivity index (χ2n) is 4.95. The standard InChI is InChI=1S/C11H15N3S/c1-2-12-4-9-10(1)15-11(13-9)14-5-7-3-8(7)6-14/h7-8,12H,1-6H2. The van der Waals surface area contributed by atoms with Crippen LogP contribution in [-0.4, -0.2) is 24.6 Å². The number of hydrogen-bond donors (Lipinski definition) is 1. The van der Waals surface area contributed by atoms with E-state index in [1.54, 1.807) is 0 Å². The van der Waals surface area contributed by atoms with Gasteiger partial charge in [-0.3, -0.25) is 0 Å². The first-order chi connectivity index (χ1) is 7.40. The molecule has 3 heterocycles. The summed E-state index contributed by atoms with van der Waals surface area (Å²) in [6.45, 7) is 4.64. The molecule has 4 rings (SSSR count). The van der Waals surface area contributed by atoms with Crippen molar-refractivity contribution in [2.45, 2.75) is 19.4 Å². The van der Waals surface area contributed by atoms with Gasteiger partial charge in [0.1, 0.15) is 0 Å². The van der Waals surface area contributed by atoms with Gasteiger partial charge in [0, 0.05) is 31.1 Å². The van der Waals surface area contributed by atoms with Gasteiger partial charge >= 0.3 is 0 Å². The number of nitrogens with one attached hydrogen (secondary N) is 1. The molecule has 1 aromatic rings. The molecule has 0 spiro atoms. The number of aromatic nitrogens is 1. The molecule has 80 valence electrons. The fraction of sp³-hybridized carbons (Fsp3) is 0.727.